The number of nitrogens with one attached hydrogen (secondary N) is 1. The number of amides is 1. The molecule has 0 saturated carbocycles. The third-order valence-electron chi connectivity index (χ3n) is 5.64. The zero-order valence-electron chi connectivity index (χ0n) is 17.4. The molecule has 1 heterocycles. The van der Waals surface area contributed by atoms with Crippen LogP contribution in [0.5, 0.6) is 0 Å². The lowest BCUT2D eigenvalue weighted by Gasteiger charge is -2.32. The van der Waals surface area contributed by atoms with Crippen molar-refractivity contribution in [2.24, 2.45) is 5.92 Å². The fourth-order valence-corrected chi connectivity index (χ4v) is 5.74. The van der Waals surface area contributed by atoms with Crippen LogP contribution in [0.15, 0.2) is 47.4 Å². The van der Waals surface area contributed by atoms with Crippen molar-refractivity contribution in [2.45, 2.75) is 44.9 Å². The van der Waals surface area contributed by atoms with Crippen LogP contribution < -0.4 is 4.72 Å². The van der Waals surface area contributed by atoms with E-state index in [4.69, 9.17) is 0 Å². The first-order valence-corrected chi connectivity index (χ1v) is 11.7. The van der Waals surface area contributed by atoms with Crippen molar-refractivity contribution >= 4 is 15.9 Å². The maximum atomic E-state index is 12.8. The molecule has 0 aromatic heterocycles. The Kier molecular flexibility index (Phi) is 6.75. The van der Waals surface area contributed by atoms with Gasteiger partial charge in [0.2, 0.25) is 10.0 Å². The number of nitrogens with zero attached hydrogens (tertiary/aromatic N) is 1. The minimum atomic E-state index is -3.51. The lowest BCUT2D eigenvalue weighted by Crippen LogP contribution is -2.39. The molecular weight excluding hydrogens is 384 g/mol. The molecule has 1 aliphatic rings. The summed E-state index contributed by atoms with van der Waals surface area (Å²) in [6.45, 7) is 7.52. The third kappa shape index (κ3) is 5.25. The summed E-state index contributed by atoms with van der Waals surface area (Å²) in [5.74, 6) is 0.507. The van der Waals surface area contributed by atoms with Gasteiger partial charge in [0.25, 0.3) is 5.91 Å². The molecule has 29 heavy (non-hydrogen) atoms. The van der Waals surface area contributed by atoms with Gasteiger partial charge in [-0.1, -0.05) is 35.9 Å². The molecule has 2 aromatic rings. The van der Waals surface area contributed by atoms with Gasteiger partial charge in [-0.2, -0.15) is 0 Å². The number of sulfonamides is 1. The maximum absolute atomic E-state index is 12.8. The summed E-state index contributed by atoms with van der Waals surface area (Å²) in [5.41, 5.74) is 3.35. The van der Waals surface area contributed by atoms with Gasteiger partial charge in [-0.3, -0.25) is 4.79 Å². The molecule has 0 unspecified atom stereocenters. The molecule has 0 atom stereocenters. The molecular formula is C23H30N2O3S. The Morgan fingerprint density at radius 1 is 1.03 bits per heavy atom. The summed E-state index contributed by atoms with van der Waals surface area (Å²) in [7, 11) is -3.51. The highest BCUT2D eigenvalue weighted by atomic mass is 32.2. The number of rotatable bonds is 6. The van der Waals surface area contributed by atoms with E-state index in [9.17, 15) is 13.2 Å². The number of hydrogen-bond acceptors (Lipinski definition) is 3. The Labute approximate surface area is 174 Å². The number of carbonyl (C=O) groups is 1. The Hall–Kier alpha value is -2.18. The van der Waals surface area contributed by atoms with Crippen molar-refractivity contribution < 1.29 is 13.2 Å². The fourth-order valence-electron chi connectivity index (χ4n) is 4.25. The summed E-state index contributed by atoms with van der Waals surface area (Å²) in [6.07, 6.45) is 2.60. The summed E-state index contributed by atoms with van der Waals surface area (Å²) < 4.78 is 28.3. The summed E-state index contributed by atoms with van der Waals surface area (Å²) in [5, 5.41) is 0. The van der Waals surface area contributed by atoms with Crippen LogP contribution in [-0.4, -0.2) is 38.9 Å². The van der Waals surface area contributed by atoms with E-state index in [0.717, 1.165) is 54.6 Å². The average Bonchev–Trinajstić information content (AvgIpc) is 2.67. The lowest BCUT2D eigenvalue weighted by atomic mass is 9.93. The standard InChI is InChI=1S/C23H30N2O3S/c1-17-15-18(2)22(19(3)16-17)29(27,28)24-12-9-20-10-13-25(14-11-20)23(26)21-7-5-4-6-8-21/h4-8,15-16,20,24H,9-14H2,1-3H3. The van der Waals surface area contributed by atoms with Crippen LogP contribution in [0.3, 0.4) is 0 Å². The highest BCUT2D eigenvalue weighted by molar-refractivity contribution is 7.89. The lowest BCUT2D eigenvalue weighted by molar-refractivity contribution is 0.0687. The molecule has 1 N–H and O–H groups in total. The number of benzene rings is 2. The average molecular weight is 415 g/mol. The molecule has 0 spiro atoms. The second-order valence-electron chi connectivity index (χ2n) is 8.02. The molecule has 1 amide bonds. The summed E-state index contributed by atoms with van der Waals surface area (Å²) in [4.78, 5) is 14.8. The van der Waals surface area contributed by atoms with E-state index in [1.54, 1.807) is 0 Å². The number of aryl methyl sites for hydroxylation is 3. The van der Waals surface area contributed by atoms with Gasteiger partial charge in [0.05, 0.1) is 4.90 Å². The van der Waals surface area contributed by atoms with Crippen LogP contribution in [-0.2, 0) is 10.0 Å². The Morgan fingerprint density at radius 3 is 2.21 bits per heavy atom. The van der Waals surface area contributed by atoms with E-state index < -0.39 is 10.0 Å². The van der Waals surface area contributed by atoms with E-state index in [0.29, 0.717) is 17.4 Å². The molecule has 5 nitrogen and oxygen atoms in total. The van der Waals surface area contributed by atoms with Gasteiger partial charge >= 0.3 is 0 Å². The Morgan fingerprint density at radius 2 is 1.62 bits per heavy atom. The van der Waals surface area contributed by atoms with Gasteiger partial charge < -0.3 is 4.90 Å². The van der Waals surface area contributed by atoms with Crippen molar-refractivity contribution in [1.29, 1.82) is 0 Å². The molecule has 156 valence electrons. The normalized spacial score (nSPS) is 15.5. The second-order valence-corrected chi connectivity index (χ2v) is 9.72. The Balaban J connectivity index is 1.50. The molecule has 6 heteroatoms. The minimum Gasteiger partial charge on any atom is -0.339 e. The highest BCUT2D eigenvalue weighted by Crippen LogP contribution is 2.24. The van der Waals surface area contributed by atoms with Crippen molar-refractivity contribution in [3.8, 4) is 0 Å². The monoisotopic (exact) mass is 414 g/mol. The largest absolute Gasteiger partial charge is 0.339 e. The predicted octanol–water partition coefficient (Wildman–Crippen LogP) is 3.83. The highest BCUT2D eigenvalue weighted by Gasteiger charge is 2.24. The molecule has 1 fully saturated rings. The van der Waals surface area contributed by atoms with Crippen LogP contribution in [0, 0.1) is 26.7 Å². The number of hydrogen-bond donors (Lipinski definition) is 1. The van der Waals surface area contributed by atoms with E-state index in [1.807, 2.05) is 68.1 Å². The number of carbonyl (C=O) groups excluding carboxylic acids is 1. The van der Waals surface area contributed by atoms with E-state index in [2.05, 4.69) is 4.72 Å². The van der Waals surface area contributed by atoms with Gasteiger partial charge in [0, 0.05) is 25.2 Å². The number of piperidine rings is 1. The molecule has 1 saturated heterocycles. The van der Waals surface area contributed by atoms with E-state index in [1.165, 1.54) is 0 Å². The molecule has 1 aliphatic heterocycles. The van der Waals surface area contributed by atoms with Gasteiger partial charge in [-0.05, 0) is 69.2 Å². The summed E-state index contributed by atoms with van der Waals surface area (Å²) >= 11 is 0. The zero-order chi connectivity index (χ0) is 21.0. The van der Waals surface area contributed by atoms with Gasteiger partial charge in [0.1, 0.15) is 0 Å². The van der Waals surface area contributed by atoms with Gasteiger partial charge in [-0.25, -0.2) is 13.1 Å². The molecule has 0 radical (unpaired) electrons. The van der Waals surface area contributed by atoms with Crippen molar-refractivity contribution in [3.63, 3.8) is 0 Å². The van der Waals surface area contributed by atoms with Gasteiger partial charge in [-0.15, -0.1) is 0 Å². The molecule has 2 aromatic carbocycles. The fraction of sp³-hybridized carbons (Fsp3) is 0.435. The van der Waals surface area contributed by atoms with Crippen molar-refractivity contribution in [1.82, 2.24) is 9.62 Å². The van der Waals surface area contributed by atoms with Gasteiger partial charge in [0.15, 0.2) is 0 Å². The summed E-state index contributed by atoms with van der Waals surface area (Å²) in [6, 6.07) is 13.2. The SMILES string of the molecule is Cc1cc(C)c(S(=O)(=O)NCCC2CCN(C(=O)c3ccccc3)CC2)c(C)c1. The van der Waals surface area contributed by atoms with Crippen LogP contribution in [0.1, 0.15) is 46.3 Å². The van der Waals surface area contributed by atoms with Crippen LogP contribution in [0.2, 0.25) is 0 Å². The number of likely N-dealkylation sites (tertiary alicyclic amines) is 1. The predicted molar refractivity (Wildman–Crippen MR) is 116 cm³/mol. The topological polar surface area (TPSA) is 66.5 Å². The third-order valence-corrected chi connectivity index (χ3v) is 7.41. The quantitative estimate of drug-likeness (QED) is 0.781. The van der Waals surface area contributed by atoms with E-state index in [-0.39, 0.29) is 5.91 Å². The first-order chi connectivity index (χ1) is 13.8. The first kappa shape index (κ1) is 21.5. The minimum absolute atomic E-state index is 0.0788. The Bertz CT molecular complexity index is 940. The first-order valence-electron chi connectivity index (χ1n) is 10.2. The second kappa shape index (κ2) is 9.09. The van der Waals surface area contributed by atoms with Crippen molar-refractivity contribution in [3.05, 3.63) is 64.7 Å². The van der Waals surface area contributed by atoms with Crippen LogP contribution in [0.25, 0.3) is 0 Å². The van der Waals surface area contributed by atoms with Crippen LogP contribution in [0.4, 0.5) is 0 Å². The molecule has 0 bridgehead atoms. The van der Waals surface area contributed by atoms with E-state index >= 15 is 0 Å². The smallest absolute Gasteiger partial charge is 0.253 e. The zero-order valence-corrected chi connectivity index (χ0v) is 18.3. The van der Waals surface area contributed by atoms with Crippen LogP contribution >= 0.6 is 0 Å². The van der Waals surface area contributed by atoms with Crippen molar-refractivity contribution in [2.75, 3.05) is 19.6 Å². The maximum Gasteiger partial charge on any atom is 0.253 e. The molecule has 0 aliphatic carbocycles. The molecule has 3 rings (SSSR count).